The molecule has 2 aliphatic heterocycles. The standard InChI is InChI=1S/C28H48O6/c1-3-5-7-9-11-16-23-25(33-23)18-13-15-22(21-27(29)30)28(31)32-20-14-19-26-24(34-26)17-12-10-8-6-4-2/h21,23-26H,3-20H2,1-2H3,(H,29,30). The Morgan fingerprint density at radius 3 is 1.68 bits per heavy atom. The lowest BCUT2D eigenvalue weighted by Crippen LogP contribution is -2.12. The van der Waals surface area contributed by atoms with E-state index in [4.69, 9.17) is 19.3 Å². The first-order valence-electron chi connectivity index (χ1n) is 14.0. The van der Waals surface area contributed by atoms with Crippen LogP contribution in [0.3, 0.4) is 0 Å². The predicted octanol–water partition coefficient (Wildman–Crippen LogP) is 6.75. The van der Waals surface area contributed by atoms with Crippen molar-refractivity contribution >= 4 is 11.9 Å². The molecule has 34 heavy (non-hydrogen) atoms. The number of aliphatic carboxylic acids is 1. The lowest BCUT2D eigenvalue weighted by Gasteiger charge is -2.07. The van der Waals surface area contributed by atoms with Gasteiger partial charge in [0.25, 0.3) is 0 Å². The van der Waals surface area contributed by atoms with Crippen molar-refractivity contribution in [2.24, 2.45) is 0 Å². The monoisotopic (exact) mass is 480 g/mol. The number of unbranched alkanes of at least 4 members (excludes halogenated alkanes) is 8. The van der Waals surface area contributed by atoms with E-state index in [-0.39, 0.29) is 11.7 Å². The zero-order chi connectivity index (χ0) is 24.6. The molecule has 0 saturated carbocycles. The summed E-state index contributed by atoms with van der Waals surface area (Å²) in [6.07, 6.45) is 20.9. The van der Waals surface area contributed by atoms with Gasteiger partial charge in [0.2, 0.25) is 0 Å². The summed E-state index contributed by atoms with van der Waals surface area (Å²) in [5, 5.41) is 9.13. The molecule has 6 heteroatoms. The minimum absolute atomic E-state index is 0.247. The SMILES string of the molecule is CCCCCCCC1OC1CCCOC(=O)C(=CC(=O)O)CCCC1OC1CCCCCCC. The minimum Gasteiger partial charge on any atom is -0.478 e. The van der Waals surface area contributed by atoms with E-state index in [9.17, 15) is 9.59 Å². The van der Waals surface area contributed by atoms with Crippen molar-refractivity contribution in [2.45, 2.75) is 147 Å². The summed E-state index contributed by atoms with van der Waals surface area (Å²) in [4.78, 5) is 23.5. The Kier molecular flexibility index (Phi) is 14.5. The highest BCUT2D eigenvalue weighted by atomic mass is 16.6. The number of hydrogen-bond donors (Lipinski definition) is 1. The largest absolute Gasteiger partial charge is 0.478 e. The second-order valence-corrected chi connectivity index (χ2v) is 10.0. The van der Waals surface area contributed by atoms with E-state index in [0.29, 0.717) is 31.3 Å². The molecule has 4 atom stereocenters. The van der Waals surface area contributed by atoms with Gasteiger partial charge in [-0.1, -0.05) is 78.1 Å². The summed E-state index contributed by atoms with van der Waals surface area (Å²) in [5.74, 6) is -1.61. The summed E-state index contributed by atoms with van der Waals surface area (Å²) >= 11 is 0. The molecule has 0 aliphatic carbocycles. The molecule has 4 unspecified atom stereocenters. The van der Waals surface area contributed by atoms with E-state index in [0.717, 1.165) is 44.6 Å². The van der Waals surface area contributed by atoms with Gasteiger partial charge in [0.1, 0.15) is 0 Å². The fourth-order valence-electron chi connectivity index (χ4n) is 4.69. The fourth-order valence-corrected chi connectivity index (χ4v) is 4.69. The lowest BCUT2D eigenvalue weighted by atomic mass is 10.0. The summed E-state index contributed by atoms with van der Waals surface area (Å²) in [6.45, 7) is 4.76. The van der Waals surface area contributed by atoms with Gasteiger partial charge in [-0.25, -0.2) is 9.59 Å². The first-order valence-corrected chi connectivity index (χ1v) is 14.0. The van der Waals surface area contributed by atoms with Crippen molar-refractivity contribution in [3.05, 3.63) is 11.6 Å². The van der Waals surface area contributed by atoms with E-state index < -0.39 is 11.9 Å². The maximum absolute atomic E-state index is 12.4. The molecule has 2 aliphatic rings. The zero-order valence-electron chi connectivity index (χ0n) is 21.6. The Hall–Kier alpha value is -1.40. The molecular formula is C28H48O6. The highest BCUT2D eigenvalue weighted by Gasteiger charge is 2.38. The Labute approximate surface area is 206 Å². The lowest BCUT2D eigenvalue weighted by molar-refractivity contribution is -0.140. The average molecular weight is 481 g/mol. The highest BCUT2D eigenvalue weighted by molar-refractivity contribution is 5.95. The highest BCUT2D eigenvalue weighted by Crippen LogP contribution is 2.33. The molecule has 0 aromatic carbocycles. The van der Waals surface area contributed by atoms with Gasteiger partial charge in [-0.15, -0.1) is 0 Å². The van der Waals surface area contributed by atoms with Gasteiger partial charge in [-0.05, 0) is 44.9 Å². The van der Waals surface area contributed by atoms with Crippen molar-refractivity contribution in [3.8, 4) is 0 Å². The summed E-state index contributed by atoms with van der Waals surface area (Å²) in [5.41, 5.74) is 0.247. The smallest absolute Gasteiger partial charge is 0.334 e. The number of carboxylic acid groups (broad SMARTS) is 1. The van der Waals surface area contributed by atoms with Gasteiger partial charge in [0.05, 0.1) is 31.0 Å². The number of ether oxygens (including phenoxy) is 3. The molecule has 2 rings (SSSR count). The number of carboxylic acids is 1. The summed E-state index contributed by atoms with van der Waals surface area (Å²) < 4.78 is 16.8. The Morgan fingerprint density at radius 1 is 0.706 bits per heavy atom. The maximum Gasteiger partial charge on any atom is 0.334 e. The van der Waals surface area contributed by atoms with E-state index in [1.165, 1.54) is 64.2 Å². The molecule has 1 N–H and O–H groups in total. The van der Waals surface area contributed by atoms with Crippen molar-refractivity contribution in [3.63, 3.8) is 0 Å². The second-order valence-electron chi connectivity index (χ2n) is 10.0. The number of rotatable bonds is 22. The molecule has 0 aromatic rings. The Balaban J connectivity index is 1.52. The van der Waals surface area contributed by atoms with Gasteiger partial charge in [-0.2, -0.15) is 0 Å². The van der Waals surface area contributed by atoms with Gasteiger partial charge in [0, 0.05) is 11.6 Å². The van der Waals surface area contributed by atoms with Crippen LogP contribution in [0.5, 0.6) is 0 Å². The molecule has 2 heterocycles. The van der Waals surface area contributed by atoms with Gasteiger partial charge in [-0.3, -0.25) is 0 Å². The average Bonchev–Trinajstić information content (AvgIpc) is 3.73. The quantitative estimate of drug-likeness (QED) is 0.0798. The van der Waals surface area contributed by atoms with E-state index in [2.05, 4.69) is 13.8 Å². The molecular weight excluding hydrogens is 432 g/mol. The molecule has 0 spiro atoms. The van der Waals surface area contributed by atoms with E-state index >= 15 is 0 Å². The molecule has 6 nitrogen and oxygen atoms in total. The Morgan fingerprint density at radius 2 is 1.18 bits per heavy atom. The second kappa shape index (κ2) is 17.1. The fraction of sp³-hybridized carbons (Fsp3) is 0.857. The number of epoxide rings is 2. The van der Waals surface area contributed by atoms with Crippen molar-refractivity contribution in [2.75, 3.05) is 6.61 Å². The molecule has 0 aromatic heterocycles. The maximum atomic E-state index is 12.4. The van der Waals surface area contributed by atoms with Crippen molar-refractivity contribution in [1.82, 2.24) is 0 Å². The topological polar surface area (TPSA) is 88.7 Å². The van der Waals surface area contributed by atoms with Crippen LogP contribution in [0.25, 0.3) is 0 Å². The summed E-state index contributed by atoms with van der Waals surface area (Å²) in [6, 6.07) is 0. The minimum atomic E-state index is -1.10. The molecule has 196 valence electrons. The third-order valence-electron chi connectivity index (χ3n) is 6.92. The van der Waals surface area contributed by atoms with Crippen molar-refractivity contribution in [1.29, 1.82) is 0 Å². The van der Waals surface area contributed by atoms with E-state index in [1.807, 2.05) is 0 Å². The summed E-state index contributed by atoms with van der Waals surface area (Å²) in [7, 11) is 0. The molecule has 0 bridgehead atoms. The van der Waals surface area contributed by atoms with Crippen LogP contribution in [-0.4, -0.2) is 48.1 Å². The van der Waals surface area contributed by atoms with Crippen LogP contribution >= 0.6 is 0 Å². The molecule has 2 fully saturated rings. The van der Waals surface area contributed by atoms with Crippen LogP contribution in [0, 0.1) is 0 Å². The van der Waals surface area contributed by atoms with Crippen LogP contribution < -0.4 is 0 Å². The van der Waals surface area contributed by atoms with Crippen LogP contribution in [0.15, 0.2) is 11.6 Å². The first-order chi connectivity index (χ1) is 16.5. The molecule has 2 saturated heterocycles. The van der Waals surface area contributed by atoms with E-state index in [1.54, 1.807) is 0 Å². The van der Waals surface area contributed by atoms with Crippen LogP contribution in [0.4, 0.5) is 0 Å². The Bertz CT molecular complexity index is 616. The molecule has 0 amide bonds. The zero-order valence-corrected chi connectivity index (χ0v) is 21.6. The molecule has 0 radical (unpaired) electrons. The third-order valence-corrected chi connectivity index (χ3v) is 6.92. The van der Waals surface area contributed by atoms with Gasteiger partial charge < -0.3 is 19.3 Å². The predicted molar refractivity (Wildman–Crippen MR) is 134 cm³/mol. The third kappa shape index (κ3) is 12.9. The van der Waals surface area contributed by atoms with Gasteiger partial charge in [0.15, 0.2) is 0 Å². The van der Waals surface area contributed by atoms with Crippen LogP contribution in [0.2, 0.25) is 0 Å². The van der Waals surface area contributed by atoms with Crippen LogP contribution in [0.1, 0.15) is 123 Å². The number of carbonyl (C=O) groups excluding carboxylic acids is 1. The number of carbonyl (C=O) groups is 2. The van der Waals surface area contributed by atoms with Crippen LogP contribution in [-0.2, 0) is 23.8 Å². The van der Waals surface area contributed by atoms with Gasteiger partial charge >= 0.3 is 11.9 Å². The normalized spacial score (nSPS) is 23.6. The number of hydrogen-bond acceptors (Lipinski definition) is 5. The first kappa shape index (κ1) is 28.8. The van der Waals surface area contributed by atoms with Crippen molar-refractivity contribution < 1.29 is 28.9 Å². The number of esters is 1.